The molecule has 0 radical (unpaired) electrons. The van der Waals surface area contributed by atoms with Gasteiger partial charge < -0.3 is 9.47 Å². The monoisotopic (exact) mass is 816 g/mol. The number of esters is 2. The Morgan fingerprint density at radius 1 is 0.684 bits per heavy atom. The van der Waals surface area contributed by atoms with Crippen LogP contribution in [0.1, 0.15) is 104 Å². The number of nitrogens with zero attached hydrogens (tertiary/aromatic N) is 6. The molecule has 2 saturated carbocycles. The Balaban J connectivity index is 0.000000174. The van der Waals surface area contributed by atoms with Gasteiger partial charge in [0.2, 0.25) is 0 Å². The molecule has 14 heteroatoms. The quantitative estimate of drug-likeness (QED) is 0.151. The minimum atomic E-state index is -0.444. The number of carbonyl (C=O) groups excluding carboxylic acids is 2. The van der Waals surface area contributed by atoms with Gasteiger partial charge in [-0.1, -0.05) is 61.0 Å². The average Bonchev–Trinajstić information content (AvgIpc) is 3.84. The van der Waals surface area contributed by atoms with Gasteiger partial charge in [0.05, 0.1) is 70.8 Å². The molecule has 8 rings (SSSR count). The molecule has 4 atom stereocenters. The second-order valence-electron chi connectivity index (χ2n) is 14.9. The number of pyridine rings is 2. The predicted octanol–water partition coefficient (Wildman–Crippen LogP) is 8.74. The summed E-state index contributed by atoms with van der Waals surface area (Å²) in [5, 5.41) is 1.08. The van der Waals surface area contributed by atoms with Gasteiger partial charge >= 0.3 is 11.9 Å². The van der Waals surface area contributed by atoms with Crippen LogP contribution in [0.4, 0.5) is 8.78 Å². The van der Waals surface area contributed by atoms with Crippen LogP contribution < -0.4 is 0 Å². The van der Waals surface area contributed by atoms with E-state index in [1.165, 1.54) is 19.5 Å². The Morgan fingerprint density at radius 3 is 1.60 bits per heavy atom. The van der Waals surface area contributed by atoms with Crippen LogP contribution in [-0.4, -0.2) is 55.6 Å². The van der Waals surface area contributed by atoms with Crippen molar-refractivity contribution in [2.75, 3.05) is 13.7 Å². The maximum absolute atomic E-state index is 14.6. The minimum absolute atomic E-state index is 0.0272. The second-order valence-corrected chi connectivity index (χ2v) is 15.8. The summed E-state index contributed by atoms with van der Waals surface area (Å²) in [5.41, 5.74) is 5.92. The number of methoxy groups -OCH3 is 1. The number of carbonyl (C=O) groups is 2. The lowest BCUT2D eigenvalue weighted by Crippen LogP contribution is -2.30. The molecular formula is C43H44Cl2F2N6O4. The van der Waals surface area contributed by atoms with E-state index in [1.54, 1.807) is 19.3 Å². The van der Waals surface area contributed by atoms with E-state index in [4.69, 9.17) is 32.7 Å². The first-order valence-electron chi connectivity index (χ1n) is 19.6. The number of fused-ring (bicyclic) bond motifs is 2. The van der Waals surface area contributed by atoms with Crippen molar-refractivity contribution >= 4 is 46.3 Å². The number of hydrogen-bond donors (Lipinski definition) is 0. The van der Waals surface area contributed by atoms with Gasteiger partial charge in [0.1, 0.15) is 0 Å². The summed E-state index contributed by atoms with van der Waals surface area (Å²) in [6.07, 6.45) is 19.1. The highest BCUT2D eigenvalue weighted by atomic mass is 35.5. The molecule has 4 aromatic rings. The number of allylic oxidation sites excluding steroid dienone is 2. The maximum atomic E-state index is 14.6. The van der Waals surface area contributed by atoms with E-state index in [0.29, 0.717) is 65.4 Å². The highest BCUT2D eigenvalue weighted by Crippen LogP contribution is 2.37. The summed E-state index contributed by atoms with van der Waals surface area (Å²) in [7, 11) is 1.40. The largest absolute Gasteiger partial charge is 0.469 e. The molecule has 0 spiro atoms. The summed E-state index contributed by atoms with van der Waals surface area (Å²) in [4.78, 5) is 50.6. The van der Waals surface area contributed by atoms with Crippen molar-refractivity contribution in [1.29, 1.82) is 0 Å². The van der Waals surface area contributed by atoms with E-state index >= 15 is 0 Å². The third kappa shape index (κ3) is 9.23. The summed E-state index contributed by atoms with van der Waals surface area (Å²) >= 11 is 12.2. The van der Waals surface area contributed by atoms with Crippen molar-refractivity contribution in [3.8, 4) is 0 Å². The lowest BCUT2D eigenvalue weighted by Gasteiger charge is -2.29. The SMILES string of the molecule is CCOC(=O)[C@@H]1CCCC[C@H]1Cc1nc(C2=CCc3ncc(Cl)cc32)ncc1F.COC(=O)[C@H]1CCCCC1Cc1nc(C2=CCc3ncc(Cl)cc32)ncc1F. The first-order valence-corrected chi connectivity index (χ1v) is 20.4. The van der Waals surface area contributed by atoms with Gasteiger partial charge in [-0.25, -0.2) is 28.7 Å². The Morgan fingerprint density at radius 2 is 1.14 bits per heavy atom. The summed E-state index contributed by atoms with van der Waals surface area (Å²) in [6.45, 7) is 2.17. The molecule has 0 bridgehead atoms. The fourth-order valence-electron chi connectivity index (χ4n) is 8.54. The zero-order valence-corrected chi connectivity index (χ0v) is 33.5. The van der Waals surface area contributed by atoms with Crippen molar-refractivity contribution in [2.45, 2.75) is 84.0 Å². The van der Waals surface area contributed by atoms with Gasteiger partial charge in [-0.15, -0.1) is 0 Å². The van der Waals surface area contributed by atoms with Crippen LogP contribution in [0.2, 0.25) is 10.0 Å². The maximum Gasteiger partial charge on any atom is 0.309 e. The molecule has 0 aromatic carbocycles. The molecule has 1 unspecified atom stereocenters. The number of aromatic nitrogens is 6. The van der Waals surface area contributed by atoms with Gasteiger partial charge in [0.15, 0.2) is 23.3 Å². The van der Waals surface area contributed by atoms with Crippen molar-refractivity contribution in [3.63, 3.8) is 0 Å². The van der Waals surface area contributed by atoms with E-state index in [0.717, 1.165) is 85.0 Å². The van der Waals surface area contributed by atoms with Crippen LogP contribution in [0, 0.1) is 35.3 Å². The number of hydrogen-bond acceptors (Lipinski definition) is 10. The van der Waals surface area contributed by atoms with E-state index in [1.807, 2.05) is 24.3 Å². The zero-order valence-electron chi connectivity index (χ0n) is 31.9. The van der Waals surface area contributed by atoms with Gasteiger partial charge in [-0.05, 0) is 69.4 Å². The lowest BCUT2D eigenvalue weighted by atomic mass is 9.77. The molecular weight excluding hydrogens is 773 g/mol. The van der Waals surface area contributed by atoms with Crippen molar-refractivity contribution < 1.29 is 27.8 Å². The molecule has 2 fully saturated rings. The molecule has 4 aliphatic carbocycles. The van der Waals surface area contributed by atoms with Gasteiger partial charge in [0, 0.05) is 47.5 Å². The molecule has 4 heterocycles. The summed E-state index contributed by atoms with van der Waals surface area (Å²) in [5.74, 6) is -0.696. The van der Waals surface area contributed by atoms with Crippen LogP contribution in [0.5, 0.6) is 0 Å². The first kappa shape index (κ1) is 40.5. The van der Waals surface area contributed by atoms with Crippen LogP contribution >= 0.6 is 23.2 Å². The Hall–Kier alpha value is -4.68. The Bertz CT molecular complexity index is 2220. The first-order chi connectivity index (χ1) is 27.6. The van der Waals surface area contributed by atoms with Crippen LogP contribution in [0.3, 0.4) is 0 Å². The van der Waals surface area contributed by atoms with Crippen molar-refractivity contribution in [3.05, 3.63) is 116 Å². The number of ether oxygens (including phenoxy) is 2. The molecule has 4 aromatic heterocycles. The number of rotatable bonds is 9. The van der Waals surface area contributed by atoms with Gasteiger partial charge in [-0.3, -0.25) is 19.6 Å². The molecule has 0 N–H and O–H groups in total. The van der Waals surface area contributed by atoms with E-state index < -0.39 is 11.6 Å². The van der Waals surface area contributed by atoms with Crippen LogP contribution in [-0.2, 0) is 44.7 Å². The van der Waals surface area contributed by atoms with Crippen LogP contribution in [0.15, 0.2) is 49.1 Å². The number of halogens is 4. The fraction of sp³-hybridized carbons (Fsp3) is 0.442. The topological polar surface area (TPSA) is 130 Å². The molecule has 0 saturated heterocycles. The van der Waals surface area contributed by atoms with Gasteiger partial charge in [-0.2, -0.15) is 0 Å². The van der Waals surface area contributed by atoms with Gasteiger partial charge in [0.25, 0.3) is 0 Å². The lowest BCUT2D eigenvalue weighted by molar-refractivity contribution is -0.151. The van der Waals surface area contributed by atoms with E-state index in [-0.39, 0.29) is 35.6 Å². The molecule has 10 nitrogen and oxygen atoms in total. The standard InChI is InChI=1S/C22H23ClFN3O2.C21H21ClFN3O2/c1-2-29-22(28)15-6-4-3-5-13(15)9-20-18(24)12-26-21(27-20)16-7-8-19-17(16)10-14(23)11-25-19;1-28-21(27)14-5-3-2-4-12(14)8-19-17(23)11-25-20(26-19)15-6-7-18-16(15)9-13(22)10-24-18/h7,10-13,15H,2-6,8-9H2,1H3;6,9-12,14H,2-5,7-8H2,1H3/t13-,15+;12?,14-/m00/s1. The molecule has 57 heavy (non-hydrogen) atoms. The van der Waals surface area contributed by atoms with Crippen molar-refractivity contribution in [1.82, 2.24) is 29.9 Å². The van der Waals surface area contributed by atoms with Crippen molar-refractivity contribution in [2.24, 2.45) is 23.7 Å². The third-order valence-corrected chi connectivity index (χ3v) is 11.8. The predicted molar refractivity (Wildman–Crippen MR) is 211 cm³/mol. The average molecular weight is 818 g/mol. The fourth-order valence-corrected chi connectivity index (χ4v) is 8.86. The molecule has 0 amide bonds. The van der Waals surface area contributed by atoms with Crippen LogP contribution in [0.25, 0.3) is 11.1 Å². The van der Waals surface area contributed by atoms with E-state index in [9.17, 15) is 18.4 Å². The van der Waals surface area contributed by atoms with E-state index in [2.05, 4.69) is 29.9 Å². The summed E-state index contributed by atoms with van der Waals surface area (Å²) in [6, 6.07) is 3.68. The summed E-state index contributed by atoms with van der Waals surface area (Å²) < 4.78 is 39.2. The zero-order chi connectivity index (χ0) is 40.1. The minimum Gasteiger partial charge on any atom is -0.469 e. The highest BCUT2D eigenvalue weighted by Gasteiger charge is 2.35. The molecule has 298 valence electrons. The normalized spacial score (nSPS) is 21.0. The molecule has 4 aliphatic rings. The Labute approximate surface area is 340 Å². The molecule has 0 aliphatic heterocycles. The smallest absolute Gasteiger partial charge is 0.309 e. The third-order valence-electron chi connectivity index (χ3n) is 11.4. The highest BCUT2D eigenvalue weighted by molar-refractivity contribution is 6.31. The second kappa shape index (κ2) is 18.3. The Kier molecular flexibility index (Phi) is 13.0.